The van der Waals surface area contributed by atoms with Gasteiger partial charge in [-0.1, -0.05) is 31.2 Å². The van der Waals surface area contributed by atoms with Gasteiger partial charge in [0, 0.05) is 22.2 Å². The van der Waals surface area contributed by atoms with Gasteiger partial charge in [0.1, 0.15) is 18.2 Å². The topological polar surface area (TPSA) is 67.4 Å². The number of carbonyl (C=O) groups excluding carboxylic acids is 2. The van der Waals surface area contributed by atoms with Crippen molar-refractivity contribution in [3.05, 3.63) is 64.8 Å². The molecule has 28 heavy (non-hydrogen) atoms. The molecule has 2 aromatic carbocycles. The number of rotatable bonds is 8. The SMILES string of the molecule is CCCNC(=O)CNC(=O)c1sc2cccc(F)c2c1COc1ccccc1. The van der Waals surface area contributed by atoms with Crippen molar-refractivity contribution in [2.75, 3.05) is 13.1 Å². The molecule has 2 amide bonds. The van der Waals surface area contributed by atoms with Crippen molar-refractivity contribution < 1.29 is 18.7 Å². The smallest absolute Gasteiger partial charge is 0.262 e. The number of carbonyl (C=O) groups is 2. The van der Waals surface area contributed by atoms with Crippen molar-refractivity contribution >= 4 is 33.2 Å². The van der Waals surface area contributed by atoms with E-state index in [1.54, 1.807) is 24.3 Å². The van der Waals surface area contributed by atoms with E-state index in [9.17, 15) is 14.0 Å². The van der Waals surface area contributed by atoms with Gasteiger partial charge >= 0.3 is 0 Å². The van der Waals surface area contributed by atoms with Crippen molar-refractivity contribution in [1.82, 2.24) is 10.6 Å². The van der Waals surface area contributed by atoms with Crippen LogP contribution in [0.1, 0.15) is 28.6 Å². The Labute approximate surface area is 166 Å². The van der Waals surface area contributed by atoms with Gasteiger partial charge in [0.05, 0.1) is 11.4 Å². The summed E-state index contributed by atoms with van der Waals surface area (Å²) in [7, 11) is 0. The molecule has 1 aromatic heterocycles. The number of hydrogen-bond donors (Lipinski definition) is 2. The number of ether oxygens (including phenoxy) is 1. The summed E-state index contributed by atoms with van der Waals surface area (Å²) in [5.41, 5.74) is 0.480. The fraction of sp³-hybridized carbons (Fsp3) is 0.238. The predicted octanol–water partition coefficient (Wildman–Crippen LogP) is 3.88. The Kier molecular flexibility index (Phi) is 6.60. The Morgan fingerprint density at radius 1 is 1.07 bits per heavy atom. The van der Waals surface area contributed by atoms with Gasteiger partial charge in [-0.3, -0.25) is 9.59 Å². The number of benzene rings is 2. The number of hydrogen-bond acceptors (Lipinski definition) is 4. The third-order valence-corrected chi connectivity index (χ3v) is 5.27. The summed E-state index contributed by atoms with van der Waals surface area (Å²) >= 11 is 1.19. The first-order valence-electron chi connectivity index (χ1n) is 9.02. The van der Waals surface area contributed by atoms with E-state index in [0.717, 1.165) is 6.42 Å². The minimum Gasteiger partial charge on any atom is -0.489 e. The summed E-state index contributed by atoms with van der Waals surface area (Å²) in [6.07, 6.45) is 0.816. The number of para-hydroxylation sites is 1. The highest BCUT2D eigenvalue weighted by molar-refractivity contribution is 7.21. The van der Waals surface area contributed by atoms with Crippen molar-refractivity contribution in [1.29, 1.82) is 0 Å². The van der Waals surface area contributed by atoms with E-state index in [1.807, 2.05) is 25.1 Å². The number of halogens is 1. The number of amides is 2. The fourth-order valence-corrected chi connectivity index (χ4v) is 3.87. The number of fused-ring (bicyclic) bond motifs is 1. The summed E-state index contributed by atoms with van der Waals surface area (Å²) < 4.78 is 20.9. The zero-order chi connectivity index (χ0) is 19.9. The lowest BCUT2D eigenvalue weighted by atomic mass is 10.1. The lowest BCUT2D eigenvalue weighted by molar-refractivity contribution is -0.120. The molecule has 1 heterocycles. The molecule has 2 N–H and O–H groups in total. The molecule has 0 aliphatic rings. The molecule has 0 unspecified atom stereocenters. The Morgan fingerprint density at radius 3 is 2.61 bits per heavy atom. The summed E-state index contributed by atoms with van der Waals surface area (Å²) in [6.45, 7) is 2.42. The molecule has 3 aromatic rings. The molecule has 0 bridgehead atoms. The van der Waals surface area contributed by atoms with Gasteiger partial charge in [-0.25, -0.2) is 4.39 Å². The minimum absolute atomic E-state index is 0.0513. The average Bonchev–Trinajstić information content (AvgIpc) is 3.09. The summed E-state index contributed by atoms with van der Waals surface area (Å²) in [5, 5.41) is 5.69. The monoisotopic (exact) mass is 400 g/mol. The molecule has 0 aliphatic carbocycles. The molecule has 0 fully saturated rings. The van der Waals surface area contributed by atoms with Crippen LogP contribution in [-0.2, 0) is 11.4 Å². The zero-order valence-corrected chi connectivity index (χ0v) is 16.3. The minimum atomic E-state index is -0.418. The van der Waals surface area contributed by atoms with Crippen LogP contribution in [0.4, 0.5) is 4.39 Å². The van der Waals surface area contributed by atoms with Crippen LogP contribution in [0.25, 0.3) is 10.1 Å². The zero-order valence-electron chi connectivity index (χ0n) is 15.5. The van der Waals surface area contributed by atoms with Gasteiger partial charge < -0.3 is 15.4 Å². The standard InChI is InChI=1S/C21H21FN2O3S/c1-2-11-23-18(25)12-24-21(26)20-15(13-27-14-7-4-3-5-8-14)19-16(22)9-6-10-17(19)28-20/h3-10H,2,11-13H2,1H3,(H,23,25)(H,24,26). The van der Waals surface area contributed by atoms with Gasteiger partial charge in [0.2, 0.25) is 5.91 Å². The van der Waals surface area contributed by atoms with Gasteiger partial charge in [-0.05, 0) is 30.7 Å². The van der Waals surface area contributed by atoms with Crippen molar-refractivity contribution in [2.45, 2.75) is 20.0 Å². The van der Waals surface area contributed by atoms with E-state index in [-0.39, 0.29) is 19.1 Å². The van der Waals surface area contributed by atoms with Gasteiger partial charge in [0.25, 0.3) is 5.91 Å². The van der Waals surface area contributed by atoms with Crippen molar-refractivity contribution in [3.63, 3.8) is 0 Å². The highest BCUT2D eigenvalue weighted by atomic mass is 32.1. The van der Waals surface area contributed by atoms with Crippen LogP contribution >= 0.6 is 11.3 Å². The Morgan fingerprint density at radius 2 is 1.86 bits per heavy atom. The average molecular weight is 400 g/mol. The number of thiophene rings is 1. The maximum atomic E-state index is 14.5. The Balaban J connectivity index is 1.83. The van der Waals surface area contributed by atoms with E-state index >= 15 is 0 Å². The molecule has 0 radical (unpaired) electrons. The van der Waals surface area contributed by atoms with Crippen LogP contribution in [0.15, 0.2) is 48.5 Å². The highest BCUT2D eigenvalue weighted by Crippen LogP contribution is 2.34. The molecule has 0 saturated carbocycles. The molecule has 5 nitrogen and oxygen atoms in total. The largest absolute Gasteiger partial charge is 0.489 e. The van der Waals surface area contributed by atoms with E-state index in [4.69, 9.17) is 4.74 Å². The molecule has 0 spiro atoms. The molecule has 0 atom stereocenters. The maximum Gasteiger partial charge on any atom is 0.262 e. The fourth-order valence-electron chi connectivity index (χ4n) is 2.73. The first-order valence-corrected chi connectivity index (χ1v) is 9.84. The summed E-state index contributed by atoms with van der Waals surface area (Å²) in [6, 6.07) is 13.9. The second-order valence-electron chi connectivity index (χ2n) is 6.16. The Bertz CT molecular complexity index is 972. The normalized spacial score (nSPS) is 10.6. The number of nitrogens with one attached hydrogen (secondary N) is 2. The Hall–Kier alpha value is -2.93. The molecule has 3 rings (SSSR count). The van der Waals surface area contributed by atoms with Gasteiger partial charge in [-0.15, -0.1) is 11.3 Å². The second-order valence-corrected chi connectivity index (χ2v) is 7.21. The van der Waals surface area contributed by atoms with E-state index in [1.165, 1.54) is 17.4 Å². The van der Waals surface area contributed by atoms with Crippen LogP contribution < -0.4 is 15.4 Å². The van der Waals surface area contributed by atoms with Crippen LogP contribution in [0.3, 0.4) is 0 Å². The lowest BCUT2D eigenvalue weighted by Crippen LogP contribution is -2.37. The molecule has 0 saturated heterocycles. The highest BCUT2D eigenvalue weighted by Gasteiger charge is 2.21. The van der Waals surface area contributed by atoms with Crippen LogP contribution in [-0.4, -0.2) is 24.9 Å². The molecule has 0 aliphatic heterocycles. The van der Waals surface area contributed by atoms with Crippen LogP contribution in [0.5, 0.6) is 5.75 Å². The molecule has 7 heteroatoms. The van der Waals surface area contributed by atoms with E-state index in [0.29, 0.717) is 32.8 Å². The third kappa shape index (κ3) is 4.67. The maximum absolute atomic E-state index is 14.5. The van der Waals surface area contributed by atoms with Crippen molar-refractivity contribution in [3.8, 4) is 5.75 Å². The van der Waals surface area contributed by atoms with E-state index in [2.05, 4.69) is 10.6 Å². The summed E-state index contributed by atoms with van der Waals surface area (Å²) in [5.74, 6) is -0.452. The third-order valence-electron chi connectivity index (χ3n) is 4.08. The van der Waals surface area contributed by atoms with Crippen molar-refractivity contribution in [2.24, 2.45) is 0 Å². The lowest BCUT2D eigenvalue weighted by Gasteiger charge is -2.09. The second kappa shape index (κ2) is 9.32. The first kappa shape index (κ1) is 19.8. The molecular formula is C21H21FN2O3S. The quantitative estimate of drug-likeness (QED) is 0.603. The molecular weight excluding hydrogens is 379 g/mol. The molecule has 146 valence electrons. The van der Waals surface area contributed by atoms with Crippen LogP contribution in [0.2, 0.25) is 0 Å². The van der Waals surface area contributed by atoms with Gasteiger partial charge in [-0.2, -0.15) is 0 Å². The summed E-state index contributed by atoms with van der Waals surface area (Å²) in [4.78, 5) is 24.8. The first-order chi connectivity index (χ1) is 13.6. The predicted molar refractivity (Wildman–Crippen MR) is 108 cm³/mol. The van der Waals surface area contributed by atoms with Gasteiger partial charge in [0.15, 0.2) is 0 Å². The van der Waals surface area contributed by atoms with E-state index < -0.39 is 11.7 Å². The van der Waals surface area contributed by atoms with Crippen LogP contribution in [0, 0.1) is 5.82 Å².